The van der Waals surface area contributed by atoms with Crippen LogP contribution >= 0.6 is 0 Å². The first-order valence-electron chi connectivity index (χ1n) is 11.9. The topological polar surface area (TPSA) is 134 Å². The van der Waals surface area contributed by atoms with E-state index in [-0.39, 0.29) is 0 Å². The van der Waals surface area contributed by atoms with Crippen LogP contribution in [-0.2, 0) is 35.2 Å². The van der Waals surface area contributed by atoms with Crippen molar-refractivity contribution in [3.05, 3.63) is 79.5 Å². The molecular formula is C25H28N6O4. The third-order valence-corrected chi connectivity index (χ3v) is 6.72. The highest BCUT2D eigenvalue weighted by atomic mass is 16.8. The largest absolute Gasteiger partial charge is 0.493 e. The van der Waals surface area contributed by atoms with Crippen molar-refractivity contribution in [2.24, 2.45) is 10.2 Å². The van der Waals surface area contributed by atoms with E-state index in [0.29, 0.717) is 26.1 Å². The van der Waals surface area contributed by atoms with Gasteiger partial charge in [-0.3, -0.25) is 0 Å². The zero-order valence-corrected chi connectivity index (χ0v) is 19.8. The van der Waals surface area contributed by atoms with Crippen LogP contribution < -0.4 is 9.47 Å². The Balaban J connectivity index is 1.42. The van der Waals surface area contributed by atoms with Gasteiger partial charge in [0, 0.05) is 22.7 Å². The monoisotopic (exact) mass is 476 g/mol. The summed E-state index contributed by atoms with van der Waals surface area (Å²) in [6.07, 6.45) is 1.49. The van der Waals surface area contributed by atoms with Crippen LogP contribution in [-0.4, -0.2) is 43.3 Å². The molecule has 2 aromatic rings. The zero-order chi connectivity index (χ0) is 24.4. The maximum atomic E-state index is 9.36. The van der Waals surface area contributed by atoms with E-state index in [4.69, 9.17) is 18.9 Å². The SMILES string of the molecule is CC1(C)O[C@@H]([C@@H](Cc2ccc3c(c2)CCO3)N=[N+]=[N-])[C@H]([C@@H](Cc2ccc3c(c2)CCO3)N=[N+]=[N-])O1. The molecule has 2 aromatic carbocycles. The second-order valence-electron chi connectivity index (χ2n) is 9.60. The molecule has 1 saturated heterocycles. The molecule has 3 aliphatic heterocycles. The number of hydrogen-bond acceptors (Lipinski definition) is 6. The van der Waals surface area contributed by atoms with Crippen LogP contribution in [0.15, 0.2) is 46.6 Å². The molecule has 0 aromatic heterocycles. The summed E-state index contributed by atoms with van der Waals surface area (Å²) in [5, 5.41) is 8.20. The number of rotatable bonds is 8. The molecular weight excluding hydrogens is 448 g/mol. The lowest BCUT2D eigenvalue weighted by atomic mass is 9.91. The first kappa shape index (κ1) is 23.3. The van der Waals surface area contributed by atoms with Gasteiger partial charge in [-0.25, -0.2) is 0 Å². The van der Waals surface area contributed by atoms with Crippen molar-refractivity contribution in [2.45, 2.75) is 69.6 Å². The van der Waals surface area contributed by atoms with Crippen molar-refractivity contribution in [1.29, 1.82) is 0 Å². The van der Waals surface area contributed by atoms with E-state index in [2.05, 4.69) is 32.2 Å². The molecule has 0 unspecified atom stereocenters. The summed E-state index contributed by atoms with van der Waals surface area (Å²) >= 11 is 0. The van der Waals surface area contributed by atoms with Gasteiger partial charge in [-0.2, -0.15) is 0 Å². The zero-order valence-electron chi connectivity index (χ0n) is 19.8. The average Bonchev–Trinajstić information content (AvgIpc) is 3.56. The maximum Gasteiger partial charge on any atom is 0.163 e. The Kier molecular flexibility index (Phi) is 6.45. The summed E-state index contributed by atoms with van der Waals surface area (Å²) in [6.45, 7) is 4.99. The van der Waals surface area contributed by atoms with Gasteiger partial charge in [-0.15, -0.1) is 0 Å². The number of ether oxygens (including phenoxy) is 4. The molecule has 10 heteroatoms. The van der Waals surface area contributed by atoms with E-state index >= 15 is 0 Å². The lowest BCUT2D eigenvalue weighted by Crippen LogP contribution is -2.42. The van der Waals surface area contributed by atoms with Crippen LogP contribution in [0.25, 0.3) is 20.9 Å². The van der Waals surface area contributed by atoms with Gasteiger partial charge in [0.15, 0.2) is 5.79 Å². The Morgan fingerprint density at radius 1 is 0.829 bits per heavy atom. The highest BCUT2D eigenvalue weighted by Gasteiger charge is 2.48. The molecule has 3 heterocycles. The fourth-order valence-corrected chi connectivity index (χ4v) is 5.21. The molecule has 0 N–H and O–H groups in total. The Labute approximate surface area is 203 Å². The van der Waals surface area contributed by atoms with Crippen molar-refractivity contribution < 1.29 is 18.9 Å². The number of benzene rings is 2. The number of hydrogen-bond donors (Lipinski definition) is 0. The minimum Gasteiger partial charge on any atom is -0.493 e. The van der Waals surface area contributed by atoms with Gasteiger partial charge < -0.3 is 18.9 Å². The molecule has 4 atom stereocenters. The fraction of sp³-hybridized carbons (Fsp3) is 0.520. The van der Waals surface area contributed by atoms with Gasteiger partial charge in [0.2, 0.25) is 0 Å². The molecule has 3 aliphatic rings. The Bertz CT molecular complexity index is 1110. The van der Waals surface area contributed by atoms with Crippen molar-refractivity contribution in [3.63, 3.8) is 0 Å². The van der Waals surface area contributed by atoms with Crippen molar-refractivity contribution in [3.8, 4) is 11.5 Å². The van der Waals surface area contributed by atoms with Gasteiger partial charge in [-0.1, -0.05) is 34.5 Å². The molecule has 182 valence electrons. The van der Waals surface area contributed by atoms with Crippen LogP contribution in [0, 0.1) is 0 Å². The van der Waals surface area contributed by atoms with Crippen LogP contribution in [0.5, 0.6) is 11.5 Å². The molecule has 0 spiro atoms. The normalized spacial score (nSPS) is 23.1. The van der Waals surface area contributed by atoms with Crippen LogP contribution in [0.4, 0.5) is 0 Å². The van der Waals surface area contributed by atoms with Gasteiger partial charge >= 0.3 is 0 Å². The molecule has 0 saturated carbocycles. The molecule has 0 bridgehead atoms. The van der Waals surface area contributed by atoms with Crippen molar-refractivity contribution in [1.82, 2.24) is 0 Å². The van der Waals surface area contributed by atoms with E-state index in [0.717, 1.165) is 46.6 Å². The molecule has 0 radical (unpaired) electrons. The standard InChI is InChI=1S/C25H28N6O4/c1-25(2)34-23(19(28-30-26)13-15-3-5-21-17(11-15)7-9-32-21)24(35-25)20(29-31-27)14-16-4-6-22-18(12-16)8-10-33-22/h3-6,11-12,19-20,23-24H,7-10,13-14H2,1-2H3/t19-,20-,23+,24+/m1/s1. The Hall–Kier alpha value is -3.42. The van der Waals surface area contributed by atoms with Crippen LogP contribution in [0.3, 0.4) is 0 Å². The predicted octanol–water partition coefficient (Wildman–Crippen LogP) is 5.22. The van der Waals surface area contributed by atoms with Crippen molar-refractivity contribution in [2.75, 3.05) is 13.2 Å². The smallest absolute Gasteiger partial charge is 0.163 e. The minimum absolute atomic E-state index is 0.469. The van der Waals surface area contributed by atoms with E-state index in [9.17, 15) is 11.1 Å². The molecule has 35 heavy (non-hydrogen) atoms. The van der Waals surface area contributed by atoms with Crippen molar-refractivity contribution >= 4 is 0 Å². The lowest BCUT2D eigenvalue weighted by Gasteiger charge is -2.27. The summed E-state index contributed by atoms with van der Waals surface area (Å²) < 4.78 is 23.8. The van der Waals surface area contributed by atoms with Gasteiger partial charge in [0.25, 0.3) is 0 Å². The summed E-state index contributed by atoms with van der Waals surface area (Å²) in [5.41, 5.74) is 23.1. The van der Waals surface area contributed by atoms with Gasteiger partial charge in [-0.05, 0) is 72.1 Å². The second kappa shape index (κ2) is 9.68. The molecule has 10 nitrogen and oxygen atoms in total. The number of fused-ring (bicyclic) bond motifs is 2. The number of azide groups is 2. The predicted molar refractivity (Wildman–Crippen MR) is 128 cm³/mol. The summed E-state index contributed by atoms with van der Waals surface area (Å²) in [5.74, 6) is 0.882. The second-order valence-corrected chi connectivity index (χ2v) is 9.60. The quantitative estimate of drug-likeness (QED) is 0.293. The fourth-order valence-electron chi connectivity index (χ4n) is 5.21. The first-order valence-corrected chi connectivity index (χ1v) is 11.9. The van der Waals surface area contributed by atoms with E-state index in [1.807, 2.05) is 38.1 Å². The third kappa shape index (κ3) is 5.01. The van der Waals surface area contributed by atoms with E-state index in [1.54, 1.807) is 0 Å². The van der Waals surface area contributed by atoms with Crippen LogP contribution in [0.2, 0.25) is 0 Å². The molecule has 0 amide bonds. The first-order chi connectivity index (χ1) is 17.0. The highest BCUT2D eigenvalue weighted by molar-refractivity contribution is 5.41. The average molecular weight is 477 g/mol. The summed E-state index contributed by atoms with van der Waals surface area (Å²) in [6, 6.07) is 11.0. The van der Waals surface area contributed by atoms with E-state index < -0.39 is 30.1 Å². The Morgan fingerprint density at radius 3 is 1.71 bits per heavy atom. The van der Waals surface area contributed by atoms with Crippen LogP contribution in [0.1, 0.15) is 36.1 Å². The minimum atomic E-state index is -0.917. The Morgan fingerprint density at radius 2 is 1.29 bits per heavy atom. The highest BCUT2D eigenvalue weighted by Crippen LogP contribution is 2.37. The molecule has 5 rings (SSSR count). The number of nitrogens with zero attached hydrogens (tertiary/aromatic N) is 6. The lowest BCUT2D eigenvalue weighted by molar-refractivity contribution is -0.149. The van der Waals surface area contributed by atoms with Gasteiger partial charge in [0.1, 0.15) is 11.5 Å². The third-order valence-electron chi connectivity index (χ3n) is 6.72. The maximum absolute atomic E-state index is 9.36. The van der Waals surface area contributed by atoms with Gasteiger partial charge in [0.05, 0.1) is 37.5 Å². The summed E-state index contributed by atoms with van der Waals surface area (Å²) in [7, 11) is 0. The summed E-state index contributed by atoms with van der Waals surface area (Å²) in [4.78, 5) is 6.22. The van der Waals surface area contributed by atoms with E-state index in [1.165, 1.54) is 0 Å². The molecule has 1 fully saturated rings. The molecule has 0 aliphatic carbocycles.